The summed E-state index contributed by atoms with van der Waals surface area (Å²) in [5.41, 5.74) is 1.82. The van der Waals surface area contributed by atoms with Gasteiger partial charge in [0.15, 0.2) is 0 Å². The average Bonchev–Trinajstić information content (AvgIpc) is 3.37. The van der Waals surface area contributed by atoms with Gasteiger partial charge in [0.2, 0.25) is 11.8 Å². The summed E-state index contributed by atoms with van der Waals surface area (Å²) in [6.45, 7) is 2.27. The number of hydrogen-bond acceptors (Lipinski definition) is 7. The molecule has 3 aliphatic rings. The van der Waals surface area contributed by atoms with E-state index in [1.54, 1.807) is 41.6 Å². The standard InChI is InChI=1S/C29H30N6O4/c36-26-24-10-6-12-31-27(24)39-19-23-18-33(28(37)20-7-2-1-3-8-20)13-14-35(23)29(38)25-15-22(32-26)17-34(25)16-21-9-4-5-11-30-21/h1-12,22-23,25H,13-19H2,(H,32,36)/t22-,23-,25-/m0/s1. The van der Waals surface area contributed by atoms with Crippen LogP contribution in [0.4, 0.5) is 0 Å². The maximum Gasteiger partial charge on any atom is 0.257 e. The van der Waals surface area contributed by atoms with Crippen LogP contribution in [0, 0.1) is 0 Å². The van der Waals surface area contributed by atoms with Crippen molar-refractivity contribution >= 4 is 17.7 Å². The van der Waals surface area contributed by atoms with Gasteiger partial charge >= 0.3 is 0 Å². The molecule has 2 fully saturated rings. The zero-order valence-corrected chi connectivity index (χ0v) is 21.5. The maximum atomic E-state index is 14.1. The first-order chi connectivity index (χ1) is 19.1. The molecule has 2 aromatic heterocycles. The normalized spacial score (nSPS) is 23.5. The SMILES string of the molecule is O=C1N[C@H]2C[C@@H](C(=O)N3CCN(C(=O)c4ccccc4)C[C@H]3COc3ncccc31)N(Cc1ccccn1)C2. The number of fused-ring (bicyclic) bond motifs is 4. The first kappa shape index (κ1) is 25.0. The largest absolute Gasteiger partial charge is 0.475 e. The minimum absolute atomic E-state index is 0.0232. The Kier molecular flexibility index (Phi) is 6.93. The highest BCUT2D eigenvalue weighted by Gasteiger charge is 2.43. The van der Waals surface area contributed by atoms with E-state index in [0.717, 1.165) is 5.69 Å². The molecule has 0 radical (unpaired) electrons. The molecule has 10 heteroatoms. The lowest BCUT2D eigenvalue weighted by Gasteiger charge is -2.43. The number of benzene rings is 1. The van der Waals surface area contributed by atoms with Gasteiger partial charge in [-0.2, -0.15) is 0 Å². The van der Waals surface area contributed by atoms with E-state index in [2.05, 4.69) is 20.2 Å². The zero-order valence-electron chi connectivity index (χ0n) is 21.5. The van der Waals surface area contributed by atoms with Crippen molar-refractivity contribution in [2.75, 3.05) is 32.8 Å². The molecule has 0 spiro atoms. The number of likely N-dealkylation sites (tertiary alicyclic amines) is 1. The Morgan fingerprint density at radius 1 is 0.949 bits per heavy atom. The van der Waals surface area contributed by atoms with Crippen LogP contribution >= 0.6 is 0 Å². The first-order valence-electron chi connectivity index (χ1n) is 13.2. The Morgan fingerprint density at radius 3 is 2.59 bits per heavy atom. The van der Waals surface area contributed by atoms with Gasteiger partial charge in [-0.25, -0.2) is 4.98 Å². The van der Waals surface area contributed by atoms with Crippen LogP contribution < -0.4 is 10.1 Å². The van der Waals surface area contributed by atoms with E-state index in [-0.39, 0.29) is 36.3 Å². The lowest BCUT2D eigenvalue weighted by molar-refractivity contribution is -0.141. The molecule has 2 bridgehead atoms. The lowest BCUT2D eigenvalue weighted by atomic mass is 10.1. The van der Waals surface area contributed by atoms with Crippen LogP contribution in [0.2, 0.25) is 0 Å². The highest BCUT2D eigenvalue weighted by molar-refractivity contribution is 5.97. The summed E-state index contributed by atoms with van der Waals surface area (Å²) in [5, 5.41) is 3.09. The van der Waals surface area contributed by atoms with Crippen LogP contribution in [0.25, 0.3) is 0 Å². The molecular formula is C29H30N6O4. The average molecular weight is 527 g/mol. The Morgan fingerprint density at radius 2 is 1.77 bits per heavy atom. The molecule has 3 amide bonds. The third-order valence-corrected chi connectivity index (χ3v) is 7.62. The fourth-order valence-corrected chi connectivity index (χ4v) is 5.68. The van der Waals surface area contributed by atoms with E-state index in [1.807, 2.05) is 41.3 Å². The fourth-order valence-electron chi connectivity index (χ4n) is 5.68. The first-order valence-corrected chi connectivity index (χ1v) is 13.2. The van der Waals surface area contributed by atoms with Crippen molar-refractivity contribution in [2.24, 2.45) is 0 Å². The van der Waals surface area contributed by atoms with Crippen LogP contribution in [0.1, 0.15) is 32.8 Å². The monoisotopic (exact) mass is 526 g/mol. The molecule has 5 heterocycles. The fraction of sp³-hybridized carbons (Fsp3) is 0.345. The summed E-state index contributed by atoms with van der Waals surface area (Å²) in [6, 6.07) is 17.2. The van der Waals surface area contributed by atoms with Crippen molar-refractivity contribution in [2.45, 2.75) is 31.1 Å². The third kappa shape index (κ3) is 5.20. The van der Waals surface area contributed by atoms with E-state index in [0.29, 0.717) is 50.3 Å². The van der Waals surface area contributed by atoms with Gasteiger partial charge in [-0.1, -0.05) is 24.3 Å². The number of carbonyl (C=O) groups excluding carboxylic acids is 3. The second kappa shape index (κ2) is 10.8. The second-order valence-electron chi connectivity index (χ2n) is 10.1. The third-order valence-electron chi connectivity index (χ3n) is 7.62. The van der Waals surface area contributed by atoms with Gasteiger partial charge in [0.25, 0.3) is 11.8 Å². The molecule has 10 nitrogen and oxygen atoms in total. The van der Waals surface area contributed by atoms with Crippen molar-refractivity contribution in [3.63, 3.8) is 0 Å². The highest BCUT2D eigenvalue weighted by atomic mass is 16.5. The molecule has 3 atom stereocenters. The molecule has 1 aromatic carbocycles. The van der Waals surface area contributed by atoms with Gasteiger partial charge in [0, 0.05) is 56.7 Å². The van der Waals surface area contributed by atoms with E-state index in [4.69, 9.17) is 4.74 Å². The van der Waals surface area contributed by atoms with E-state index < -0.39 is 12.1 Å². The van der Waals surface area contributed by atoms with E-state index in [1.165, 1.54) is 0 Å². The highest BCUT2D eigenvalue weighted by Crippen LogP contribution is 2.27. The smallest absolute Gasteiger partial charge is 0.257 e. The summed E-state index contributed by atoms with van der Waals surface area (Å²) < 4.78 is 6.07. The molecule has 3 aromatic rings. The van der Waals surface area contributed by atoms with Crippen LogP contribution in [-0.4, -0.2) is 93.3 Å². The van der Waals surface area contributed by atoms with Gasteiger partial charge in [0.1, 0.15) is 12.2 Å². The van der Waals surface area contributed by atoms with Crippen LogP contribution in [-0.2, 0) is 11.3 Å². The molecule has 0 saturated carbocycles. The number of nitrogens with zero attached hydrogens (tertiary/aromatic N) is 5. The minimum atomic E-state index is -0.427. The number of ether oxygens (including phenoxy) is 1. The van der Waals surface area contributed by atoms with Gasteiger partial charge < -0.3 is 19.9 Å². The number of nitrogens with one attached hydrogen (secondary N) is 1. The number of rotatable bonds is 3. The van der Waals surface area contributed by atoms with Crippen molar-refractivity contribution in [3.8, 4) is 5.88 Å². The predicted molar refractivity (Wildman–Crippen MR) is 142 cm³/mol. The Hall–Kier alpha value is -4.31. The minimum Gasteiger partial charge on any atom is -0.475 e. The summed E-state index contributed by atoms with van der Waals surface area (Å²) in [4.78, 5) is 55.1. The number of pyridine rings is 2. The molecule has 39 heavy (non-hydrogen) atoms. The zero-order chi connectivity index (χ0) is 26.8. The quantitative estimate of drug-likeness (QED) is 0.552. The topological polar surface area (TPSA) is 108 Å². The predicted octanol–water partition coefficient (Wildman–Crippen LogP) is 1.60. The lowest BCUT2D eigenvalue weighted by Crippen LogP contribution is -2.61. The molecule has 0 aliphatic carbocycles. The number of aromatic nitrogens is 2. The summed E-state index contributed by atoms with van der Waals surface area (Å²) in [7, 11) is 0. The summed E-state index contributed by atoms with van der Waals surface area (Å²) in [6.07, 6.45) is 3.81. The Labute approximate surface area is 226 Å². The molecule has 2 saturated heterocycles. The molecule has 200 valence electrons. The summed E-state index contributed by atoms with van der Waals surface area (Å²) in [5.74, 6) is -0.167. The van der Waals surface area contributed by atoms with Gasteiger partial charge in [-0.05, 0) is 42.8 Å². The van der Waals surface area contributed by atoms with Crippen LogP contribution in [0.15, 0.2) is 73.1 Å². The maximum absolute atomic E-state index is 14.1. The van der Waals surface area contributed by atoms with E-state index in [9.17, 15) is 14.4 Å². The molecule has 0 unspecified atom stereocenters. The van der Waals surface area contributed by atoms with E-state index >= 15 is 0 Å². The van der Waals surface area contributed by atoms with Crippen LogP contribution in [0.5, 0.6) is 5.88 Å². The van der Waals surface area contributed by atoms with Crippen molar-refractivity contribution in [1.82, 2.24) is 30.0 Å². The summed E-state index contributed by atoms with van der Waals surface area (Å²) >= 11 is 0. The molecule has 3 aliphatic heterocycles. The number of amides is 3. The van der Waals surface area contributed by atoms with Gasteiger partial charge in [-0.3, -0.25) is 24.3 Å². The molecule has 1 N–H and O–H groups in total. The number of hydrogen-bond donors (Lipinski definition) is 1. The van der Waals surface area contributed by atoms with Crippen molar-refractivity contribution in [1.29, 1.82) is 0 Å². The molecule has 6 rings (SSSR count). The number of piperazine rings is 1. The number of carbonyl (C=O) groups is 3. The molecular weight excluding hydrogens is 496 g/mol. The second-order valence-corrected chi connectivity index (χ2v) is 10.1. The van der Waals surface area contributed by atoms with Gasteiger partial charge in [-0.15, -0.1) is 0 Å². The van der Waals surface area contributed by atoms with Crippen molar-refractivity contribution < 1.29 is 19.1 Å². The van der Waals surface area contributed by atoms with Gasteiger partial charge in [0.05, 0.1) is 17.8 Å². The van der Waals surface area contributed by atoms with Crippen molar-refractivity contribution in [3.05, 3.63) is 89.9 Å². The Bertz CT molecular complexity index is 1350. The Balaban J connectivity index is 1.31. The van der Waals surface area contributed by atoms with Crippen LogP contribution in [0.3, 0.4) is 0 Å².